The highest BCUT2D eigenvalue weighted by Crippen LogP contribution is 2.27. The molecule has 0 saturated carbocycles. The smallest absolute Gasteiger partial charge is 0.123 e. The maximum atomic E-state index is 9.46. The van der Waals surface area contributed by atoms with Crippen molar-refractivity contribution >= 4 is 0 Å². The monoisotopic (exact) mass is 160 g/mol. The predicted octanol–water partition coefficient (Wildman–Crippen LogP) is 3.06. The van der Waals surface area contributed by atoms with E-state index < -0.39 is 0 Å². The van der Waals surface area contributed by atoms with Crippen molar-refractivity contribution in [3.8, 4) is 0 Å². The van der Waals surface area contributed by atoms with Gasteiger partial charge in [0.15, 0.2) is 0 Å². The molecule has 1 rings (SSSR count). The molecule has 1 N–H and O–H groups in total. The minimum Gasteiger partial charge on any atom is -0.507 e. The fourth-order valence-corrected chi connectivity index (χ4v) is 1.24. The molecule has 0 radical (unpaired) electrons. The zero-order valence-electron chi connectivity index (χ0n) is 7.01. The molecule has 0 saturated heterocycles. The van der Waals surface area contributed by atoms with E-state index in [2.05, 4.69) is 19.7 Å². The molecule has 0 unspecified atom stereocenters. The molecule has 0 bridgehead atoms. The van der Waals surface area contributed by atoms with Crippen LogP contribution in [0.2, 0.25) is 0 Å². The first-order valence-electron chi connectivity index (χ1n) is 3.76. The summed E-state index contributed by atoms with van der Waals surface area (Å²) >= 11 is 0. The van der Waals surface area contributed by atoms with Crippen LogP contribution in [0.5, 0.6) is 0 Å². The van der Waals surface area contributed by atoms with Crippen molar-refractivity contribution in [1.29, 1.82) is 0 Å². The number of aliphatic hydroxyl groups is 1. The van der Waals surface area contributed by atoms with Gasteiger partial charge in [-0.05, 0) is 23.6 Å². The summed E-state index contributed by atoms with van der Waals surface area (Å²) in [6.07, 6.45) is 5.76. The molecular formula is C11H12O. The third-order valence-corrected chi connectivity index (χ3v) is 1.83. The second-order valence-corrected chi connectivity index (χ2v) is 2.71. The van der Waals surface area contributed by atoms with Gasteiger partial charge < -0.3 is 5.11 Å². The summed E-state index contributed by atoms with van der Waals surface area (Å²) in [4.78, 5) is 0. The Labute approximate surface area is 72.7 Å². The van der Waals surface area contributed by atoms with Gasteiger partial charge in [-0.15, -0.1) is 0 Å². The fourth-order valence-electron chi connectivity index (χ4n) is 1.24. The Hall–Kier alpha value is -1.50. The van der Waals surface area contributed by atoms with Crippen LogP contribution >= 0.6 is 0 Å². The van der Waals surface area contributed by atoms with Gasteiger partial charge in [-0.25, -0.2) is 0 Å². The molecule has 0 aliphatic heterocycles. The molecule has 12 heavy (non-hydrogen) atoms. The summed E-state index contributed by atoms with van der Waals surface area (Å²) in [6.45, 7) is 11.1. The molecule has 1 aliphatic carbocycles. The highest BCUT2D eigenvalue weighted by Gasteiger charge is 2.11. The van der Waals surface area contributed by atoms with Gasteiger partial charge in [0.1, 0.15) is 5.76 Å². The van der Waals surface area contributed by atoms with E-state index >= 15 is 0 Å². The van der Waals surface area contributed by atoms with E-state index in [1.807, 2.05) is 0 Å². The maximum Gasteiger partial charge on any atom is 0.123 e. The Bertz CT molecular complexity index is 303. The Balaban J connectivity index is 3.18. The summed E-state index contributed by atoms with van der Waals surface area (Å²) in [7, 11) is 0. The Morgan fingerprint density at radius 3 is 2.50 bits per heavy atom. The minimum absolute atomic E-state index is 0.233. The van der Waals surface area contributed by atoms with Crippen LogP contribution in [0.25, 0.3) is 0 Å². The Morgan fingerprint density at radius 2 is 2.00 bits per heavy atom. The third-order valence-electron chi connectivity index (χ3n) is 1.83. The third kappa shape index (κ3) is 1.40. The van der Waals surface area contributed by atoms with Gasteiger partial charge in [-0.3, -0.25) is 0 Å². The van der Waals surface area contributed by atoms with Crippen molar-refractivity contribution in [2.45, 2.75) is 6.42 Å². The van der Waals surface area contributed by atoms with Crippen LogP contribution in [0.4, 0.5) is 0 Å². The fraction of sp³-hybridized carbons (Fsp3) is 0.0909. The van der Waals surface area contributed by atoms with Crippen LogP contribution in [0.15, 0.2) is 60.4 Å². The largest absolute Gasteiger partial charge is 0.507 e. The highest BCUT2D eigenvalue weighted by molar-refractivity contribution is 5.51. The normalized spacial score (nSPS) is 17.3. The second-order valence-electron chi connectivity index (χ2n) is 2.71. The van der Waals surface area contributed by atoms with E-state index in [0.717, 1.165) is 23.1 Å². The minimum atomic E-state index is 0.233. The highest BCUT2D eigenvalue weighted by atomic mass is 16.3. The number of aliphatic hydroxyl groups excluding tert-OH is 1. The molecule has 0 spiro atoms. The number of hydrogen-bond donors (Lipinski definition) is 1. The van der Waals surface area contributed by atoms with Crippen molar-refractivity contribution < 1.29 is 5.11 Å². The van der Waals surface area contributed by atoms with Crippen LogP contribution in [0.3, 0.4) is 0 Å². The van der Waals surface area contributed by atoms with Gasteiger partial charge in [-0.2, -0.15) is 0 Å². The molecular weight excluding hydrogens is 148 g/mol. The first-order chi connectivity index (χ1) is 5.69. The van der Waals surface area contributed by atoms with Crippen LogP contribution in [0, 0.1) is 0 Å². The lowest BCUT2D eigenvalue weighted by molar-refractivity contribution is 0.423. The van der Waals surface area contributed by atoms with Crippen LogP contribution in [0.1, 0.15) is 6.42 Å². The number of hydrogen-bond acceptors (Lipinski definition) is 1. The van der Waals surface area contributed by atoms with E-state index in [0.29, 0.717) is 0 Å². The molecule has 0 fully saturated rings. The van der Waals surface area contributed by atoms with Crippen LogP contribution in [-0.4, -0.2) is 5.11 Å². The predicted molar refractivity (Wildman–Crippen MR) is 51.9 cm³/mol. The zero-order chi connectivity index (χ0) is 9.14. The molecule has 0 heterocycles. The van der Waals surface area contributed by atoms with Crippen molar-refractivity contribution in [2.75, 3.05) is 0 Å². The lowest BCUT2D eigenvalue weighted by Gasteiger charge is -2.14. The molecule has 0 aromatic heterocycles. The molecule has 0 aromatic carbocycles. The topological polar surface area (TPSA) is 20.2 Å². The van der Waals surface area contributed by atoms with Gasteiger partial charge in [0.05, 0.1) is 0 Å². The summed E-state index contributed by atoms with van der Waals surface area (Å²) < 4.78 is 0. The lowest BCUT2D eigenvalue weighted by Crippen LogP contribution is -1.98. The first-order valence-corrected chi connectivity index (χ1v) is 3.76. The molecule has 1 nitrogen and oxygen atoms in total. The summed E-state index contributed by atoms with van der Waals surface area (Å²) in [5.74, 6) is 0.233. The standard InChI is InChI=1S/C11H12O/c1-4-9-6-8(3)7-11(12)10(9)5-2/h4-5,7,12H,1-3,6H2. The van der Waals surface area contributed by atoms with Gasteiger partial charge in [0.25, 0.3) is 0 Å². The molecule has 1 heteroatoms. The van der Waals surface area contributed by atoms with Crippen molar-refractivity contribution in [3.63, 3.8) is 0 Å². The van der Waals surface area contributed by atoms with Gasteiger partial charge in [-0.1, -0.05) is 31.9 Å². The van der Waals surface area contributed by atoms with Crippen LogP contribution < -0.4 is 0 Å². The van der Waals surface area contributed by atoms with Gasteiger partial charge in [0.2, 0.25) is 0 Å². The molecule has 1 aliphatic rings. The van der Waals surface area contributed by atoms with Gasteiger partial charge in [0, 0.05) is 5.57 Å². The molecule has 0 amide bonds. The second kappa shape index (κ2) is 3.26. The van der Waals surface area contributed by atoms with E-state index in [1.165, 1.54) is 0 Å². The maximum absolute atomic E-state index is 9.46. The first kappa shape index (κ1) is 8.60. The van der Waals surface area contributed by atoms with Crippen molar-refractivity contribution in [1.82, 2.24) is 0 Å². The van der Waals surface area contributed by atoms with Crippen molar-refractivity contribution in [3.05, 3.63) is 60.4 Å². The van der Waals surface area contributed by atoms with Crippen LogP contribution in [-0.2, 0) is 0 Å². The SMILES string of the molecule is C=CC1=C(C=C)C(O)=CC(=C)C1. The summed E-state index contributed by atoms with van der Waals surface area (Å²) in [5, 5.41) is 9.46. The summed E-state index contributed by atoms with van der Waals surface area (Å²) in [6, 6.07) is 0. The van der Waals surface area contributed by atoms with Crippen molar-refractivity contribution in [2.24, 2.45) is 0 Å². The van der Waals surface area contributed by atoms with E-state index in [9.17, 15) is 5.11 Å². The molecule has 62 valence electrons. The number of rotatable bonds is 2. The van der Waals surface area contributed by atoms with E-state index in [-0.39, 0.29) is 5.76 Å². The molecule has 0 atom stereocenters. The number of allylic oxidation sites excluding steroid dienone is 5. The van der Waals surface area contributed by atoms with E-state index in [1.54, 1.807) is 18.2 Å². The average molecular weight is 160 g/mol. The Morgan fingerprint density at radius 1 is 1.33 bits per heavy atom. The summed E-state index contributed by atoms with van der Waals surface area (Å²) in [5.41, 5.74) is 2.64. The van der Waals surface area contributed by atoms with E-state index in [4.69, 9.17) is 0 Å². The van der Waals surface area contributed by atoms with Gasteiger partial charge >= 0.3 is 0 Å². The lowest BCUT2D eigenvalue weighted by atomic mass is 9.93. The Kier molecular flexibility index (Phi) is 2.34. The average Bonchev–Trinajstić information content (AvgIpc) is 2.03. The quantitative estimate of drug-likeness (QED) is 0.658. The molecule has 0 aromatic rings. The zero-order valence-corrected chi connectivity index (χ0v) is 7.01.